The highest BCUT2D eigenvalue weighted by molar-refractivity contribution is 6.01. The molecule has 0 unspecified atom stereocenters. The number of carbonyl (C=O) groups is 2. The van der Waals surface area contributed by atoms with Crippen molar-refractivity contribution in [3.8, 4) is 23.3 Å². The van der Waals surface area contributed by atoms with Gasteiger partial charge in [-0.25, -0.2) is 4.79 Å². The lowest BCUT2D eigenvalue weighted by Crippen LogP contribution is -2.27. The van der Waals surface area contributed by atoms with Gasteiger partial charge in [0.25, 0.3) is 11.6 Å². The van der Waals surface area contributed by atoms with Gasteiger partial charge in [0.05, 0.1) is 18.6 Å². The van der Waals surface area contributed by atoms with E-state index in [9.17, 15) is 25.0 Å². The summed E-state index contributed by atoms with van der Waals surface area (Å²) in [6, 6.07) is 10.4. The minimum Gasteiger partial charge on any atom is -0.493 e. The number of nitrogens with one attached hydrogen (secondary N) is 1. The maximum Gasteiger partial charge on any atom is 0.349 e. The molecule has 0 heterocycles. The Kier molecular flexibility index (Phi) is 9.55. The Bertz CT molecular complexity index is 1140. The van der Waals surface area contributed by atoms with E-state index in [0.717, 1.165) is 0 Å². The number of methoxy groups -OCH3 is 2. The van der Waals surface area contributed by atoms with Crippen LogP contribution >= 0.6 is 0 Å². The molecule has 0 bridgehead atoms. The zero-order valence-corrected chi connectivity index (χ0v) is 18.8. The Morgan fingerprint density at radius 1 is 1.15 bits per heavy atom. The van der Waals surface area contributed by atoms with Gasteiger partial charge in [0.1, 0.15) is 17.4 Å². The number of ether oxygens (including phenoxy) is 4. The fraction of sp³-hybridized carbons (Fsp3) is 0.261. The molecule has 0 aliphatic carbocycles. The van der Waals surface area contributed by atoms with Crippen LogP contribution in [0.2, 0.25) is 0 Å². The second kappa shape index (κ2) is 12.6. The maximum absolute atomic E-state index is 12.2. The summed E-state index contributed by atoms with van der Waals surface area (Å²) in [6.45, 7) is 1.75. The third-order valence-electron chi connectivity index (χ3n) is 4.39. The topological polar surface area (TPSA) is 150 Å². The van der Waals surface area contributed by atoms with Crippen LogP contribution in [0.3, 0.4) is 0 Å². The predicted octanol–water partition coefficient (Wildman–Crippen LogP) is 2.57. The van der Waals surface area contributed by atoms with Crippen LogP contribution in [-0.2, 0) is 14.3 Å². The summed E-state index contributed by atoms with van der Waals surface area (Å²) in [6.07, 6.45) is 1.37. The van der Waals surface area contributed by atoms with E-state index in [1.807, 2.05) is 6.07 Å². The zero-order chi connectivity index (χ0) is 25.1. The summed E-state index contributed by atoms with van der Waals surface area (Å²) in [5, 5.41) is 22.6. The number of esters is 1. The summed E-state index contributed by atoms with van der Waals surface area (Å²) in [5.41, 5.74) is 0.774. The molecule has 0 fully saturated rings. The average Bonchev–Trinajstić information content (AvgIpc) is 2.82. The molecule has 34 heavy (non-hydrogen) atoms. The second-order valence-electron chi connectivity index (χ2n) is 6.80. The summed E-state index contributed by atoms with van der Waals surface area (Å²) in [7, 11) is 2.87. The molecule has 2 rings (SSSR count). The number of amides is 1. The largest absolute Gasteiger partial charge is 0.493 e. The molecule has 0 spiro atoms. The number of nitrogens with zero attached hydrogens (tertiary/aromatic N) is 2. The number of hydrogen-bond donors (Lipinski definition) is 1. The highest BCUT2D eigenvalue weighted by atomic mass is 16.6. The quantitative estimate of drug-likeness (QED) is 0.0996. The van der Waals surface area contributed by atoms with E-state index in [1.165, 1.54) is 50.6 Å². The van der Waals surface area contributed by atoms with Crippen LogP contribution in [0.5, 0.6) is 17.2 Å². The van der Waals surface area contributed by atoms with Crippen LogP contribution in [0.1, 0.15) is 11.1 Å². The molecule has 178 valence electrons. The molecular weight excluding hydrogens is 446 g/mol. The van der Waals surface area contributed by atoms with Crippen molar-refractivity contribution in [1.82, 2.24) is 5.32 Å². The Labute approximate surface area is 195 Å². The van der Waals surface area contributed by atoms with Gasteiger partial charge in [-0.05, 0) is 42.3 Å². The first-order valence-electron chi connectivity index (χ1n) is 9.94. The van der Waals surface area contributed by atoms with Gasteiger partial charge in [-0.15, -0.1) is 0 Å². The van der Waals surface area contributed by atoms with Crippen molar-refractivity contribution in [3.63, 3.8) is 0 Å². The maximum atomic E-state index is 12.2. The van der Waals surface area contributed by atoms with Crippen LogP contribution in [0.25, 0.3) is 6.08 Å². The molecule has 1 amide bonds. The van der Waals surface area contributed by atoms with Crippen LogP contribution in [0.15, 0.2) is 42.0 Å². The fourth-order valence-electron chi connectivity index (χ4n) is 2.73. The molecule has 0 aliphatic heterocycles. The van der Waals surface area contributed by atoms with Gasteiger partial charge in [0.15, 0.2) is 18.1 Å². The normalized spacial score (nSPS) is 10.7. The zero-order valence-electron chi connectivity index (χ0n) is 18.8. The summed E-state index contributed by atoms with van der Waals surface area (Å²) in [4.78, 5) is 34.6. The highest BCUT2D eigenvalue weighted by Crippen LogP contribution is 2.29. The van der Waals surface area contributed by atoms with E-state index < -0.39 is 23.4 Å². The molecule has 0 saturated heterocycles. The Hall–Kier alpha value is -4.43. The number of rotatable bonds is 11. The first kappa shape index (κ1) is 25.8. The number of aryl methyl sites for hydroxylation is 1. The molecule has 11 nitrogen and oxygen atoms in total. The lowest BCUT2D eigenvalue weighted by molar-refractivity contribution is -0.384. The van der Waals surface area contributed by atoms with Crippen molar-refractivity contribution in [2.45, 2.75) is 6.92 Å². The molecular formula is C23H23N3O8. The Morgan fingerprint density at radius 2 is 1.88 bits per heavy atom. The van der Waals surface area contributed by atoms with E-state index >= 15 is 0 Å². The van der Waals surface area contributed by atoms with Crippen molar-refractivity contribution < 1.29 is 33.5 Å². The van der Waals surface area contributed by atoms with Crippen LogP contribution in [0.4, 0.5) is 5.69 Å². The minimum absolute atomic E-state index is 0.0849. The number of nitro benzene ring substituents is 1. The van der Waals surface area contributed by atoms with Gasteiger partial charge in [-0.2, -0.15) is 5.26 Å². The lowest BCUT2D eigenvalue weighted by atomic mass is 10.1. The van der Waals surface area contributed by atoms with Crippen molar-refractivity contribution in [2.24, 2.45) is 0 Å². The third kappa shape index (κ3) is 7.32. The van der Waals surface area contributed by atoms with E-state index in [2.05, 4.69) is 5.32 Å². The van der Waals surface area contributed by atoms with E-state index in [4.69, 9.17) is 18.9 Å². The monoisotopic (exact) mass is 469 g/mol. The minimum atomic E-state index is -0.727. The van der Waals surface area contributed by atoms with Crippen LogP contribution in [0, 0.1) is 28.4 Å². The van der Waals surface area contributed by atoms with Crippen molar-refractivity contribution in [3.05, 3.63) is 63.2 Å². The predicted molar refractivity (Wildman–Crippen MR) is 120 cm³/mol. The van der Waals surface area contributed by atoms with Gasteiger partial charge < -0.3 is 24.3 Å². The van der Waals surface area contributed by atoms with Crippen molar-refractivity contribution >= 4 is 23.6 Å². The Morgan fingerprint density at radius 3 is 2.50 bits per heavy atom. The second-order valence-corrected chi connectivity index (χ2v) is 6.80. The summed E-state index contributed by atoms with van der Waals surface area (Å²) in [5.74, 6) is -0.660. The van der Waals surface area contributed by atoms with Crippen molar-refractivity contribution in [2.75, 3.05) is 34.0 Å². The third-order valence-corrected chi connectivity index (χ3v) is 4.39. The van der Waals surface area contributed by atoms with E-state index in [1.54, 1.807) is 13.0 Å². The molecule has 0 atom stereocenters. The van der Waals surface area contributed by atoms with Gasteiger partial charge in [-0.1, -0.05) is 6.07 Å². The van der Waals surface area contributed by atoms with Gasteiger partial charge in [0.2, 0.25) is 0 Å². The van der Waals surface area contributed by atoms with Gasteiger partial charge in [0, 0.05) is 25.8 Å². The molecule has 1 N–H and O–H groups in total. The fourth-order valence-corrected chi connectivity index (χ4v) is 2.73. The highest BCUT2D eigenvalue weighted by Gasteiger charge is 2.15. The first-order valence-corrected chi connectivity index (χ1v) is 9.94. The molecule has 0 aromatic heterocycles. The molecule has 11 heteroatoms. The number of non-ortho nitro benzene ring substituents is 1. The van der Waals surface area contributed by atoms with E-state index in [0.29, 0.717) is 23.5 Å². The van der Waals surface area contributed by atoms with Crippen LogP contribution in [-0.4, -0.2) is 50.8 Å². The number of carbonyl (C=O) groups excluding carboxylic acids is 2. The Balaban J connectivity index is 2.06. The van der Waals surface area contributed by atoms with Crippen molar-refractivity contribution in [1.29, 1.82) is 5.26 Å². The standard InChI is InChI=1S/C23H23N3O8/c1-15-10-18(26(29)30)5-7-19(15)33-14-22(27)34-20-6-4-16(12-21(20)32-3)11-17(13-24)23(28)25-8-9-31-2/h4-7,10-12H,8-9,14H2,1-3H3,(H,25,28)/b17-11+. The summed E-state index contributed by atoms with van der Waals surface area (Å²) >= 11 is 0. The molecule has 0 radical (unpaired) electrons. The number of hydrogen-bond acceptors (Lipinski definition) is 9. The number of benzene rings is 2. The number of nitriles is 1. The molecule has 0 aliphatic rings. The van der Waals surface area contributed by atoms with E-state index in [-0.39, 0.29) is 29.3 Å². The van der Waals surface area contributed by atoms with Crippen LogP contribution < -0.4 is 19.5 Å². The lowest BCUT2D eigenvalue weighted by Gasteiger charge is -2.12. The summed E-state index contributed by atoms with van der Waals surface area (Å²) < 4.78 is 20.8. The number of nitro groups is 1. The average molecular weight is 469 g/mol. The molecule has 2 aromatic rings. The SMILES string of the molecule is COCCNC(=O)/C(C#N)=C/c1ccc(OC(=O)COc2ccc([N+](=O)[O-])cc2C)c(OC)c1. The van der Waals surface area contributed by atoms with Gasteiger partial charge >= 0.3 is 5.97 Å². The molecule has 2 aromatic carbocycles. The molecule has 0 saturated carbocycles. The first-order chi connectivity index (χ1) is 16.3. The smallest absolute Gasteiger partial charge is 0.349 e. The van der Waals surface area contributed by atoms with Gasteiger partial charge in [-0.3, -0.25) is 14.9 Å².